The summed E-state index contributed by atoms with van der Waals surface area (Å²) in [4.78, 5) is 14.8. The lowest BCUT2D eigenvalue weighted by Crippen LogP contribution is -2.42. The first kappa shape index (κ1) is 19.0. The maximum absolute atomic E-state index is 12.8. The molecule has 1 fully saturated rings. The van der Waals surface area contributed by atoms with E-state index >= 15 is 0 Å². The van der Waals surface area contributed by atoms with Crippen LogP contribution in [-0.2, 0) is 4.79 Å². The Morgan fingerprint density at radius 2 is 1.83 bits per heavy atom. The van der Waals surface area contributed by atoms with Crippen molar-refractivity contribution in [2.45, 2.75) is 18.9 Å². The van der Waals surface area contributed by atoms with E-state index in [-0.39, 0.29) is 18.6 Å². The molecule has 1 aliphatic heterocycles. The Kier molecular flexibility index (Phi) is 5.75. The smallest absolute Gasteiger partial charge is 0.260 e. The summed E-state index contributed by atoms with van der Waals surface area (Å²) in [6.45, 7) is 1.54. The fourth-order valence-electron chi connectivity index (χ4n) is 3.94. The number of benzene rings is 3. The summed E-state index contributed by atoms with van der Waals surface area (Å²) in [6, 6.07) is 21.8. The molecule has 1 unspecified atom stereocenters. The van der Waals surface area contributed by atoms with Crippen molar-refractivity contribution in [3.8, 4) is 5.75 Å². The van der Waals surface area contributed by atoms with Gasteiger partial charge in [-0.15, -0.1) is 0 Å². The molecule has 0 radical (unpaired) electrons. The number of ether oxygens (including phenoxy) is 1. The number of likely N-dealkylation sites (tertiary alicyclic amines) is 1. The number of carbonyl (C=O) groups excluding carboxylic acids is 1. The topological polar surface area (TPSA) is 65.4 Å². The first-order chi connectivity index (χ1) is 14.3. The number of carbonyl (C=O) groups is 1. The molecule has 0 spiro atoms. The van der Waals surface area contributed by atoms with Crippen molar-refractivity contribution in [1.29, 1.82) is 5.41 Å². The van der Waals surface area contributed by atoms with Gasteiger partial charge < -0.3 is 20.4 Å². The zero-order valence-corrected chi connectivity index (χ0v) is 16.3. The minimum atomic E-state index is 0.0163. The maximum Gasteiger partial charge on any atom is 0.260 e. The van der Waals surface area contributed by atoms with Gasteiger partial charge in [-0.3, -0.25) is 4.79 Å². The van der Waals surface area contributed by atoms with Crippen molar-refractivity contribution >= 4 is 28.6 Å². The molecule has 1 aliphatic rings. The number of hydrogen-bond donors (Lipinski definition) is 2. The largest absolute Gasteiger partial charge is 0.483 e. The SMILES string of the molecule is N=Cc1ccc(OCC(=O)N2CCCC2CNc2ccccc2)c2ccccc12. The number of nitrogens with one attached hydrogen (secondary N) is 2. The third-order valence-electron chi connectivity index (χ3n) is 5.44. The van der Waals surface area contributed by atoms with E-state index in [4.69, 9.17) is 10.1 Å². The van der Waals surface area contributed by atoms with Gasteiger partial charge in [0.2, 0.25) is 0 Å². The summed E-state index contributed by atoms with van der Waals surface area (Å²) in [7, 11) is 0. The molecule has 1 saturated heterocycles. The molecule has 5 nitrogen and oxygen atoms in total. The molecule has 0 saturated carbocycles. The van der Waals surface area contributed by atoms with E-state index in [9.17, 15) is 4.79 Å². The number of fused-ring (bicyclic) bond motifs is 1. The van der Waals surface area contributed by atoms with Crippen LogP contribution in [0.4, 0.5) is 5.69 Å². The lowest BCUT2D eigenvalue weighted by atomic mass is 10.0. The molecule has 0 aliphatic carbocycles. The summed E-state index contributed by atoms with van der Waals surface area (Å²) < 4.78 is 5.92. The van der Waals surface area contributed by atoms with Crippen molar-refractivity contribution in [3.63, 3.8) is 0 Å². The molecule has 1 amide bonds. The molecule has 3 aromatic carbocycles. The van der Waals surface area contributed by atoms with Crippen LogP contribution in [0.15, 0.2) is 66.7 Å². The van der Waals surface area contributed by atoms with Crippen LogP contribution in [-0.4, -0.2) is 42.8 Å². The van der Waals surface area contributed by atoms with Crippen LogP contribution in [0.25, 0.3) is 10.8 Å². The number of rotatable bonds is 7. The Morgan fingerprint density at radius 3 is 2.62 bits per heavy atom. The van der Waals surface area contributed by atoms with Crippen molar-refractivity contribution in [1.82, 2.24) is 4.90 Å². The minimum absolute atomic E-state index is 0.0163. The van der Waals surface area contributed by atoms with Gasteiger partial charge in [-0.1, -0.05) is 42.5 Å². The second kappa shape index (κ2) is 8.78. The van der Waals surface area contributed by atoms with Crippen molar-refractivity contribution in [2.24, 2.45) is 0 Å². The first-order valence-electron chi connectivity index (χ1n) is 9.99. The van der Waals surface area contributed by atoms with Gasteiger partial charge in [0, 0.05) is 42.0 Å². The number of amides is 1. The van der Waals surface area contributed by atoms with Crippen molar-refractivity contribution < 1.29 is 9.53 Å². The van der Waals surface area contributed by atoms with Gasteiger partial charge in [0.1, 0.15) is 5.75 Å². The fourth-order valence-corrected chi connectivity index (χ4v) is 3.94. The molecular formula is C24H25N3O2. The fraction of sp³-hybridized carbons (Fsp3) is 0.250. The lowest BCUT2D eigenvalue weighted by molar-refractivity contribution is -0.133. The van der Waals surface area contributed by atoms with Crippen LogP contribution < -0.4 is 10.1 Å². The Morgan fingerprint density at radius 1 is 1.07 bits per heavy atom. The first-order valence-corrected chi connectivity index (χ1v) is 9.99. The molecule has 1 atom stereocenters. The molecule has 2 N–H and O–H groups in total. The number of para-hydroxylation sites is 1. The van der Waals surface area contributed by atoms with E-state index in [1.165, 1.54) is 6.21 Å². The molecule has 1 heterocycles. The summed E-state index contributed by atoms with van der Waals surface area (Å²) in [5.41, 5.74) is 1.91. The Balaban J connectivity index is 1.40. The Hall–Kier alpha value is -3.34. The molecular weight excluding hydrogens is 362 g/mol. The third-order valence-corrected chi connectivity index (χ3v) is 5.44. The molecule has 5 heteroatoms. The predicted molar refractivity (Wildman–Crippen MR) is 117 cm³/mol. The van der Waals surface area contributed by atoms with Crippen LogP contribution in [0.2, 0.25) is 0 Å². The van der Waals surface area contributed by atoms with Gasteiger partial charge >= 0.3 is 0 Å². The van der Waals surface area contributed by atoms with Crippen LogP contribution in [0.3, 0.4) is 0 Å². The molecule has 29 heavy (non-hydrogen) atoms. The molecule has 0 bridgehead atoms. The zero-order chi connectivity index (χ0) is 20.1. The van der Waals surface area contributed by atoms with E-state index in [2.05, 4.69) is 5.32 Å². The van der Waals surface area contributed by atoms with Gasteiger partial charge in [-0.05, 0) is 42.5 Å². The number of anilines is 1. The van der Waals surface area contributed by atoms with Gasteiger partial charge in [-0.25, -0.2) is 0 Å². The summed E-state index contributed by atoms with van der Waals surface area (Å²) in [5.74, 6) is 0.695. The quantitative estimate of drug-likeness (QED) is 0.594. The van der Waals surface area contributed by atoms with E-state index in [1.807, 2.05) is 71.6 Å². The van der Waals surface area contributed by atoms with Crippen molar-refractivity contribution in [3.05, 3.63) is 72.3 Å². The van der Waals surface area contributed by atoms with E-state index in [1.54, 1.807) is 0 Å². The van der Waals surface area contributed by atoms with Gasteiger partial charge in [0.25, 0.3) is 5.91 Å². The highest BCUT2D eigenvalue weighted by Crippen LogP contribution is 2.28. The number of hydrogen-bond acceptors (Lipinski definition) is 4. The summed E-state index contributed by atoms with van der Waals surface area (Å²) in [6.07, 6.45) is 3.36. The van der Waals surface area contributed by atoms with E-state index in [0.717, 1.165) is 48.0 Å². The highest BCUT2D eigenvalue weighted by Gasteiger charge is 2.28. The van der Waals surface area contributed by atoms with Crippen molar-refractivity contribution in [2.75, 3.05) is 25.0 Å². The zero-order valence-electron chi connectivity index (χ0n) is 16.3. The van der Waals surface area contributed by atoms with E-state index in [0.29, 0.717) is 5.75 Å². The summed E-state index contributed by atoms with van der Waals surface area (Å²) >= 11 is 0. The van der Waals surface area contributed by atoms with Crippen LogP contribution >= 0.6 is 0 Å². The third kappa shape index (κ3) is 4.24. The van der Waals surface area contributed by atoms with Crippen LogP contribution in [0.1, 0.15) is 18.4 Å². The summed E-state index contributed by atoms with van der Waals surface area (Å²) in [5, 5.41) is 12.9. The molecule has 4 rings (SSSR count). The standard InChI is InChI=1S/C24H25N3O2/c25-15-18-12-13-23(22-11-5-4-10-21(18)22)29-17-24(28)27-14-6-9-20(27)16-26-19-7-2-1-3-8-19/h1-5,7-8,10-13,15,20,25-26H,6,9,14,16-17H2. The normalized spacial score (nSPS) is 16.0. The average Bonchev–Trinajstić information content (AvgIpc) is 3.25. The van der Waals surface area contributed by atoms with Crippen LogP contribution in [0.5, 0.6) is 5.75 Å². The average molecular weight is 387 g/mol. The van der Waals surface area contributed by atoms with Gasteiger partial charge in [0.05, 0.1) is 0 Å². The van der Waals surface area contributed by atoms with Gasteiger partial charge in [0.15, 0.2) is 6.61 Å². The maximum atomic E-state index is 12.8. The number of nitrogens with zero attached hydrogens (tertiary/aromatic N) is 1. The monoisotopic (exact) mass is 387 g/mol. The lowest BCUT2D eigenvalue weighted by Gasteiger charge is -2.25. The minimum Gasteiger partial charge on any atom is -0.483 e. The Labute approximate surface area is 170 Å². The van der Waals surface area contributed by atoms with Gasteiger partial charge in [-0.2, -0.15) is 0 Å². The molecule has 148 valence electrons. The van der Waals surface area contributed by atoms with Crippen LogP contribution in [0, 0.1) is 5.41 Å². The van der Waals surface area contributed by atoms with E-state index < -0.39 is 0 Å². The highest BCUT2D eigenvalue weighted by molar-refractivity contribution is 6.01. The Bertz CT molecular complexity index is 1000. The second-order valence-corrected chi connectivity index (χ2v) is 7.26. The molecule has 0 aromatic heterocycles. The molecule has 3 aromatic rings. The predicted octanol–water partition coefficient (Wildman–Crippen LogP) is 4.32. The highest BCUT2D eigenvalue weighted by atomic mass is 16.5. The second-order valence-electron chi connectivity index (χ2n) is 7.26.